The number of carbonyl (C=O) groups is 3. The van der Waals surface area contributed by atoms with E-state index >= 15 is 0 Å². The zero-order chi connectivity index (χ0) is 19.7. The number of ether oxygens (including phenoxy) is 1. The zero-order valence-corrected chi connectivity index (χ0v) is 15.5. The summed E-state index contributed by atoms with van der Waals surface area (Å²) in [6, 6.07) is 9.43. The van der Waals surface area contributed by atoms with Gasteiger partial charge in [0.05, 0.1) is 17.9 Å². The second kappa shape index (κ2) is 7.42. The highest BCUT2D eigenvalue weighted by molar-refractivity contribution is 6.10. The van der Waals surface area contributed by atoms with Gasteiger partial charge < -0.3 is 14.1 Å². The molecule has 1 aromatic heterocycles. The number of carbonyl (C=O) groups excluding carboxylic acids is 3. The highest BCUT2D eigenvalue weighted by Gasteiger charge is 2.32. The standard InChI is InChI=1S/C21H20N2O5/c1-12(24)3-2-10-27-14-5-6-15-13(11-14)4-8-17-19(15)20(23-28-17)16-7-9-18(25)22-21(16)26/h4-6,8,11,16H,2-3,7,9-10H2,1H3,(H,22,25,26). The minimum Gasteiger partial charge on any atom is -0.494 e. The molecule has 1 unspecified atom stereocenters. The first kappa shape index (κ1) is 18.2. The van der Waals surface area contributed by atoms with Crippen LogP contribution in [0.25, 0.3) is 21.7 Å². The Labute approximate surface area is 161 Å². The molecule has 0 bridgehead atoms. The molecule has 1 saturated heterocycles. The summed E-state index contributed by atoms with van der Waals surface area (Å²) in [5, 5.41) is 9.14. The number of Topliss-reactive ketones (excluding diaryl/α,β-unsaturated/α-hetero) is 1. The van der Waals surface area contributed by atoms with Crippen LogP contribution in [-0.2, 0) is 14.4 Å². The summed E-state index contributed by atoms with van der Waals surface area (Å²) in [6.07, 6.45) is 1.88. The molecule has 7 heteroatoms. The molecule has 4 rings (SSSR count). The number of ketones is 1. The van der Waals surface area contributed by atoms with Gasteiger partial charge in [-0.3, -0.25) is 14.9 Å². The van der Waals surface area contributed by atoms with Crippen LogP contribution in [0.3, 0.4) is 0 Å². The van der Waals surface area contributed by atoms with E-state index in [0.29, 0.717) is 37.1 Å². The molecule has 3 aromatic rings. The second-order valence-corrected chi connectivity index (χ2v) is 7.05. The molecule has 0 aliphatic carbocycles. The van der Waals surface area contributed by atoms with Crippen molar-refractivity contribution in [3.63, 3.8) is 0 Å². The molecule has 1 fully saturated rings. The molecule has 1 atom stereocenters. The van der Waals surface area contributed by atoms with Gasteiger partial charge in [0.15, 0.2) is 5.58 Å². The molecule has 7 nitrogen and oxygen atoms in total. The Bertz CT molecular complexity index is 1090. The van der Waals surface area contributed by atoms with E-state index < -0.39 is 5.92 Å². The maximum absolute atomic E-state index is 12.3. The molecule has 2 aromatic carbocycles. The summed E-state index contributed by atoms with van der Waals surface area (Å²) in [6.45, 7) is 2.04. The van der Waals surface area contributed by atoms with Gasteiger partial charge >= 0.3 is 0 Å². The molecular weight excluding hydrogens is 360 g/mol. The number of benzene rings is 2. The van der Waals surface area contributed by atoms with E-state index in [-0.39, 0.29) is 24.0 Å². The van der Waals surface area contributed by atoms with E-state index in [9.17, 15) is 14.4 Å². The summed E-state index contributed by atoms with van der Waals surface area (Å²) in [5.74, 6) is -0.237. The van der Waals surface area contributed by atoms with Crippen molar-refractivity contribution in [3.8, 4) is 5.75 Å². The van der Waals surface area contributed by atoms with Crippen LogP contribution in [0.5, 0.6) is 5.75 Å². The third-order valence-corrected chi connectivity index (χ3v) is 4.96. The molecular formula is C21H20N2O5. The second-order valence-electron chi connectivity index (χ2n) is 7.05. The maximum Gasteiger partial charge on any atom is 0.235 e. The molecule has 144 valence electrons. The van der Waals surface area contributed by atoms with Gasteiger partial charge in [0.1, 0.15) is 17.2 Å². The van der Waals surface area contributed by atoms with Gasteiger partial charge in [0.2, 0.25) is 11.8 Å². The third-order valence-electron chi connectivity index (χ3n) is 4.96. The lowest BCUT2D eigenvalue weighted by Crippen LogP contribution is -2.39. The lowest BCUT2D eigenvalue weighted by molar-refractivity contribution is -0.134. The summed E-state index contributed by atoms with van der Waals surface area (Å²) in [7, 11) is 0. The number of nitrogens with zero attached hydrogens (tertiary/aromatic N) is 1. The summed E-state index contributed by atoms with van der Waals surface area (Å²) in [5.41, 5.74) is 1.16. The number of fused-ring (bicyclic) bond motifs is 3. The van der Waals surface area contributed by atoms with Crippen molar-refractivity contribution in [2.45, 2.75) is 38.5 Å². The Hall–Kier alpha value is -3.22. The lowest BCUT2D eigenvalue weighted by Gasteiger charge is -2.19. The fourth-order valence-corrected chi connectivity index (χ4v) is 3.57. The minimum absolute atomic E-state index is 0.151. The van der Waals surface area contributed by atoms with E-state index in [1.807, 2.05) is 30.3 Å². The molecule has 0 spiro atoms. The van der Waals surface area contributed by atoms with Crippen LogP contribution in [0, 0.1) is 0 Å². The number of imide groups is 1. The first-order valence-corrected chi connectivity index (χ1v) is 9.31. The third kappa shape index (κ3) is 3.47. The van der Waals surface area contributed by atoms with Crippen LogP contribution in [0.1, 0.15) is 44.2 Å². The van der Waals surface area contributed by atoms with Crippen LogP contribution in [0.2, 0.25) is 0 Å². The van der Waals surface area contributed by atoms with E-state index in [0.717, 1.165) is 21.9 Å². The van der Waals surface area contributed by atoms with Crippen LogP contribution >= 0.6 is 0 Å². The Morgan fingerprint density at radius 2 is 2.14 bits per heavy atom. The largest absolute Gasteiger partial charge is 0.494 e. The monoisotopic (exact) mass is 380 g/mol. The number of rotatable bonds is 6. The fraction of sp³-hybridized carbons (Fsp3) is 0.333. The molecule has 2 amide bonds. The highest BCUT2D eigenvalue weighted by atomic mass is 16.5. The smallest absolute Gasteiger partial charge is 0.235 e. The van der Waals surface area contributed by atoms with E-state index in [1.54, 1.807) is 6.92 Å². The maximum atomic E-state index is 12.3. The SMILES string of the molecule is CC(=O)CCCOc1ccc2c(ccc3onc(C4CCC(=O)NC4=O)c32)c1. The predicted octanol–water partition coefficient (Wildman–Crippen LogP) is 3.25. The van der Waals surface area contributed by atoms with Crippen molar-refractivity contribution in [3.05, 3.63) is 36.0 Å². The van der Waals surface area contributed by atoms with Crippen molar-refractivity contribution in [1.29, 1.82) is 0 Å². The molecule has 0 radical (unpaired) electrons. The number of aromatic nitrogens is 1. The molecule has 1 aliphatic rings. The van der Waals surface area contributed by atoms with Gasteiger partial charge in [-0.25, -0.2) is 0 Å². The summed E-state index contributed by atoms with van der Waals surface area (Å²) in [4.78, 5) is 34.7. The lowest BCUT2D eigenvalue weighted by atomic mass is 9.91. The quantitative estimate of drug-likeness (QED) is 0.521. The van der Waals surface area contributed by atoms with Gasteiger partial charge in [0, 0.05) is 12.8 Å². The van der Waals surface area contributed by atoms with Crippen LogP contribution in [0.15, 0.2) is 34.9 Å². The Balaban J connectivity index is 1.65. The fourth-order valence-electron chi connectivity index (χ4n) is 3.57. The predicted molar refractivity (Wildman–Crippen MR) is 102 cm³/mol. The normalized spacial score (nSPS) is 17.1. The van der Waals surface area contributed by atoms with Crippen molar-refractivity contribution in [1.82, 2.24) is 10.5 Å². The van der Waals surface area contributed by atoms with Gasteiger partial charge in [-0.1, -0.05) is 11.2 Å². The first-order valence-electron chi connectivity index (χ1n) is 9.31. The Kier molecular flexibility index (Phi) is 4.81. The highest BCUT2D eigenvalue weighted by Crippen LogP contribution is 2.36. The summed E-state index contributed by atoms with van der Waals surface area (Å²) >= 11 is 0. The zero-order valence-electron chi connectivity index (χ0n) is 15.5. The van der Waals surface area contributed by atoms with Crippen molar-refractivity contribution < 1.29 is 23.6 Å². The average Bonchev–Trinajstić information content (AvgIpc) is 3.09. The first-order chi connectivity index (χ1) is 13.5. The number of amides is 2. The van der Waals surface area contributed by atoms with Crippen molar-refractivity contribution >= 4 is 39.3 Å². The van der Waals surface area contributed by atoms with E-state index in [1.165, 1.54) is 0 Å². The number of hydrogen-bond donors (Lipinski definition) is 1. The van der Waals surface area contributed by atoms with Gasteiger partial charge in [-0.05, 0) is 54.8 Å². The van der Waals surface area contributed by atoms with Crippen molar-refractivity contribution in [2.24, 2.45) is 0 Å². The number of nitrogens with one attached hydrogen (secondary N) is 1. The molecule has 2 heterocycles. The van der Waals surface area contributed by atoms with Gasteiger partial charge in [-0.2, -0.15) is 0 Å². The average molecular weight is 380 g/mol. The number of hydrogen-bond acceptors (Lipinski definition) is 6. The molecule has 0 saturated carbocycles. The van der Waals surface area contributed by atoms with Gasteiger partial charge in [-0.15, -0.1) is 0 Å². The molecule has 1 N–H and O–H groups in total. The van der Waals surface area contributed by atoms with E-state index in [2.05, 4.69) is 10.5 Å². The summed E-state index contributed by atoms with van der Waals surface area (Å²) < 4.78 is 11.2. The van der Waals surface area contributed by atoms with E-state index in [4.69, 9.17) is 9.26 Å². The molecule has 1 aliphatic heterocycles. The van der Waals surface area contributed by atoms with Crippen molar-refractivity contribution in [2.75, 3.05) is 6.61 Å². The Morgan fingerprint density at radius 3 is 2.93 bits per heavy atom. The van der Waals surface area contributed by atoms with Crippen LogP contribution in [-0.4, -0.2) is 29.4 Å². The van der Waals surface area contributed by atoms with Gasteiger partial charge in [0.25, 0.3) is 0 Å². The molecule has 28 heavy (non-hydrogen) atoms. The minimum atomic E-state index is -0.507. The number of piperidine rings is 1. The Morgan fingerprint density at radius 1 is 1.29 bits per heavy atom. The topological polar surface area (TPSA) is 98.5 Å². The van der Waals surface area contributed by atoms with Crippen LogP contribution in [0.4, 0.5) is 0 Å². The van der Waals surface area contributed by atoms with Crippen LogP contribution < -0.4 is 10.1 Å².